The van der Waals surface area contributed by atoms with Gasteiger partial charge in [-0.3, -0.25) is 9.59 Å². The average Bonchev–Trinajstić information content (AvgIpc) is 2.80. The highest BCUT2D eigenvalue weighted by atomic mass is 16.7. The molecule has 0 saturated carbocycles. The summed E-state index contributed by atoms with van der Waals surface area (Å²) in [5.41, 5.74) is 2.09. The first-order chi connectivity index (χ1) is 14.2. The van der Waals surface area contributed by atoms with Crippen LogP contribution in [0.4, 0.5) is 0 Å². The molecule has 0 amide bonds. The van der Waals surface area contributed by atoms with Crippen LogP contribution in [-0.4, -0.2) is 31.1 Å². The molecule has 0 spiro atoms. The van der Waals surface area contributed by atoms with Gasteiger partial charge in [0.25, 0.3) is 0 Å². The summed E-state index contributed by atoms with van der Waals surface area (Å²) in [5.74, 6) is -0.0505. The van der Waals surface area contributed by atoms with Crippen molar-refractivity contribution < 1.29 is 19.1 Å². The van der Waals surface area contributed by atoms with Crippen LogP contribution in [0.1, 0.15) is 40.1 Å². The molecule has 4 nitrogen and oxygen atoms in total. The summed E-state index contributed by atoms with van der Waals surface area (Å²) in [7, 11) is 0. The Morgan fingerprint density at radius 1 is 0.621 bits per heavy atom. The minimum Gasteiger partial charge on any atom is -0.346 e. The molecule has 150 valence electrons. The first-order valence-electron chi connectivity index (χ1n) is 9.64. The predicted molar refractivity (Wildman–Crippen MR) is 114 cm³/mol. The quantitative estimate of drug-likeness (QED) is 0.392. The smallest absolute Gasteiger partial charge is 0.222 e. The number of benzene rings is 3. The molecule has 0 radical (unpaired) electrons. The van der Waals surface area contributed by atoms with Gasteiger partial charge < -0.3 is 9.47 Å². The molecule has 0 aliphatic rings. The van der Waals surface area contributed by atoms with Crippen molar-refractivity contribution in [2.24, 2.45) is 0 Å². The van der Waals surface area contributed by atoms with Gasteiger partial charge in [0.2, 0.25) is 12.1 Å². The Morgan fingerprint density at radius 2 is 0.966 bits per heavy atom. The van der Waals surface area contributed by atoms with E-state index in [9.17, 15) is 9.59 Å². The summed E-state index contributed by atoms with van der Waals surface area (Å²) in [6.45, 7) is 4.60. The minimum atomic E-state index is -0.776. The maximum absolute atomic E-state index is 11.9. The maximum atomic E-state index is 11.9. The van der Waals surface area contributed by atoms with Crippen LogP contribution in [-0.2, 0) is 9.47 Å². The molecule has 0 aliphatic carbocycles. The third-order valence-electron chi connectivity index (χ3n) is 3.98. The van der Waals surface area contributed by atoms with Crippen LogP contribution in [0.25, 0.3) is 0 Å². The van der Waals surface area contributed by atoms with Crippen LogP contribution in [0.15, 0.2) is 91.0 Å². The van der Waals surface area contributed by atoms with Crippen molar-refractivity contribution in [3.8, 4) is 0 Å². The monoisotopic (exact) mass is 390 g/mol. The van der Waals surface area contributed by atoms with Gasteiger partial charge in [-0.1, -0.05) is 91.0 Å². The van der Waals surface area contributed by atoms with Crippen LogP contribution in [0.5, 0.6) is 0 Å². The lowest BCUT2D eigenvalue weighted by atomic mass is 10.0. The van der Waals surface area contributed by atoms with Crippen molar-refractivity contribution in [1.29, 1.82) is 0 Å². The Labute approximate surface area is 172 Å². The second kappa shape index (κ2) is 12.4. The minimum absolute atomic E-state index is 0.0752. The Bertz CT molecular complexity index is 814. The van der Waals surface area contributed by atoms with Gasteiger partial charge in [-0.05, 0) is 13.8 Å². The molecule has 3 aromatic rings. The van der Waals surface area contributed by atoms with E-state index < -0.39 is 6.29 Å². The second-order valence-corrected chi connectivity index (χ2v) is 6.03. The highest BCUT2D eigenvalue weighted by Gasteiger charge is 2.19. The lowest BCUT2D eigenvalue weighted by Crippen LogP contribution is -2.27. The van der Waals surface area contributed by atoms with Gasteiger partial charge in [0.1, 0.15) is 0 Å². The molecular weight excluding hydrogens is 364 g/mol. The summed E-state index contributed by atoms with van der Waals surface area (Å²) in [6.07, 6.45) is -0.776. The number of carbonyl (C=O) groups excluding carboxylic acids is 2. The van der Waals surface area contributed by atoms with Gasteiger partial charge in [0.15, 0.2) is 5.78 Å². The molecule has 4 heteroatoms. The standard InChI is InChI=1S/C13H10O.C12H16O3/c14-13(11-7-3-1-4-8-11)12-9-5-2-6-10-12;1-3-14-12(15-4-2)11(13)10-8-6-5-7-9-10/h1-10H;5-9,12H,3-4H2,1-2H3. The van der Waals surface area contributed by atoms with E-state index >= 15 is 0 Å². The third-order valence-corrected chi connectivity index (χ3v) is 3.98. The van der Waals surface area contributed by atoms with Crippen molar-refractivity contribution >= 4 is 11.6 Å². The fourth-order valence-corrected chi connectivity index (χ4v) is 2.59. The van der Waals surface area contributed by atoms with Gasteiger partial charge in [-0.2, -0.15) is 0 Å². The largest absolute Gasteiger partial charge is 0.346 e. The lowest BCUT2D eigenvalue weighted by molar-refractivity contribution is -0.107. The van der Waals surface area contributed by atoms with Crippen molar-refractivity contribution in [2.75, 3.05) is 13.2 Å². The molecule has 3 aromatic carbocycles. The fourth-order valence-electron chi connectivity index (χ4n) is 2.59. The van der Waals surface area contributed by atoms with Gasteiger partial charge in [-0.25, -0.2) is 0 Å². The summed E-state index contributed by atoms with van der Waals surface area (Å²) in [6, 6.07) is 27.6. The van der Waals surface area contributed by atoms with Crippen LogP contribution in [0.2, 0.25) is 0 Å². The number of hydrogen-bond acceptors (Lipinski definition) is 4. The predicted octanol–water partition coefficient (Wildman–Crippen LogP) is 5.19. The average molecular weight is 390 g/mol. The number of carbonyl (C=O) groups is 2. The van der Waals surface area contributed by atoms with Crippen molar-refractivity contribution in [3.63, 3.8) is 0 Å². The fraction of sp³-hybridized carbons (Fsp3) is 0.200. The number of Topliss-reactive ketones (excluding diaryl/α,β-unsaturated/α-hetero) is 1. The molecule has 0 fully saturated rings. The third kappa shape index (κ3) is 7.11. The molecule has 0 saturated heterocycles. The molecule has 0 N–H and O–H groups in total. The van der Waals surface area contributed by atoms with E-state index in [4.69, 9.17) is 9.47 Å². The van der Waals surface area contributed by atoms with E-state index in [0.29, 0.717) is 18.8 Å². The summed E-state index contributed by atoms with van der Waals surface area (Å²) < 4.78 is 10.5. The first-order valence-corrected chi connectivity index (χ1v) is 9.64. The number of rotatable bonds is 8. The Hall–Kier alpha value is -3.08. The summed E-state index contributed by atoms with van der Waals surface area (Å²) in [5, 5.41) is 0. The van der Waals surface area contributed by atoms with Crippen LogP contribution in [0.3, 0.4) is 0 Å². The van der Waals surface area contributed by atoms with Crippen molar-refractivity contribution in [3.05, 3.63) is 108 Å². The Kier molecular flexibility index (Phi) is 9.49. The van der Waals surface area contributed by atoms with E-state index in [1.807, 2.05) is 92.7 Å². The summed E-state index contributed by atoms with van der Waals surface area (Å²) in [4.78, 5) is 23.7. The molecule has 3 rings (SSSR count). The Morgan fingerprint density at radius 3 is 1.31 bits per heavy atom. The van der Waals surface area contributed by atoms with Gasteiger partial charge in [0.05, 0.1) is 0 Å². The normalized spacial score (nSPS) is 10.2. The highest BCUT2D eigenvalue weighted by Crippen LogP contribution is 2.09. The number of hydrogen-bond donors (Lipinski definition) is 0. The van der Waals surface area contributed by atoms with Crippen molar-refractivity contribution in [2.45, 2.75) is 20.1 Å². The van der Waals surface area contributed by atoms with Gasteiger partial charge in [0, 0.05) is 29.9 Å². The van der Waals surface area contributed by atoms with E-state index in [1.54, 1.807) is 12.1 Å². The molecule has 0 bridgehead atoms. The molecule has 0 aromatic heterocycles. The van der Waals surface area contributed by atoms with Gasteiger partial charge in [-0.15, -0.1) is 0 Å². The topological polar surface area (TPSA) is 52.6 Å². The second-order valence-electron chi connectivity index (χ2n) is 6.03. The molecule has 29 heavy (non-hydrogen) atoms. The number of ether oxygens (including phenoxy) is 2. The van der Waals surface area contributed by atoms with E-state index in [0.717, 1.165) is 11.1 Å². The zero-order valence-corrected chi connectivity index (χ0v) is 16.8. The van der Waals surface area contributed by atoms with E-state index in [2.05, 4.69) is 0 Å². The highest BCUT2D eigenvalue weighted by molar-refractivity contribution is 6.08. The molecule has 0 atom stereocenters. The molecular formula is C25H26O4. The van der Waals surface area contributed by atoms with Crippen LogP contribution >= 0.6 is 0 Å². The van der Waals surface area contributed by atoms with Crippen molar-refractivity contribution in [1.82, 2.24) is 0 Å². The zero-order valence-electron chi connectivity index (χ0n) is 16.8. The molecule has 0 unspecified atom stereocenters. The van der Waals surface area contributed by atoms with Gasteiger partial charge >= 0.3 is 0 Å². The van der Waals surface area contributed by atoms with E-state index in [1.165, 1.54) is 0 Å². The SMILES string of the molecule is CCOC(OCC)C(=O)c1ccccc1.O=C(c1ccccc1)c1ccccc1. The number of ketones is 2. The van der Waals surface area contributed by atoms with E-state index in [-0.39, 0.29) is 11.6 Å². The Balaban J connectivity index is 0.000000207. The first kappa shape index (κ1) is 22.2. The maximum Gasteiger partial charge on any atom is 0.222 e. The lowest BCUT2D eigenvalue weighted by Gasteiger charge is -2.15. The summed E-state index contributed by atoms with van der Waals surface area (Å²) >= 11 is 0. The molecule has 0 aliphatic heterocycles. The van der Waals surface area contributed by atoms with Crippen LogP contribution in [0, 0.1) is 0 Å². The zero-order chi connectivity index (χ0) is 20.9. The molecule has 0 heterocycles. The van der Waals surface area contributed by atoms with Crippen LogP contribution < -0.4 is 0 Å².